The molecule has 1 aliphatic carbocycles. The fraction of sp³-hybridized carbons (Fsp3) is 0.535. The second-order valence-electron chi connectivity index (χ2n) is 17.5. The Hall–Kier alpha value is -5.69. The minimum Gasteiger partial charge on any atom is -0.459 e. The average Bonchev–Trinajstić information content (AvgIpc) is 3.51. The van der Waals surface area contributed by atoms with Crippen LogP contribution in [0.5, 0.6) is 6.01 Å². The molecule has 19 heteroatoms. The summed E-state index contributed by atoms with van der Waals surface area (Å²) >= 11 is 0. The number of rotatable bonds is 10. The second kappa shape index (κ2) is 18.7. The predicted octanol–water partition coefficient (Wildman–Crippen LogP) is 4.93. The van der Waals surface area contributed by atoms with E-state index in [4.69, 9.17) is 19.2 Å². The zero-order valence-electron chi connectivity index (χ0n) is 36.3. The van der Waals surface area contributed by atoms with Gasteiger partial charge in [-0.15, -0.1) is 0 Å². The molecule has 3 aliphatic rings. The molecule has 336 valence electrons. The van der Waals surface area contributed by atoms with Gasteiger partial charge in [-0.3, -0.25) is 24.3 Å². The molecule has 3 heterocycles. The van der Waals surface area contributed by atoms with Crippen molar-refractivity contribution in [2.75, 3.05) is 26.0 Å². The van der Waals surface area contributed by atoms with Crippen LogP contribution < -0.4 is 25.4 Å². The number of ether oxygens (including phenoxy) is 3. The zero-order valence-corrected chi connectivity index (χ0v) is 37.1. The van der Waals surface area contributed by atoms with Crippen molar-refractivity contribution in [3.63, 3.8) is 0 Å². The second-order valence-corrected chi connectivity index (χ2v) is 19.3. The van der Waals surface area contributed by atoms with Crippen molar-refractivity contribution in [2.24, 2.45) is 5.92 Å². The number of imidazole rings is 1. The Labute approximate surface area is 362 Å². The van der Waals surface area contributed by atoms with Gasteiger partial charge in [0.1, 0.15) is 41.5 Å². The normalized spacial score (nSPS) is 23.9. The number of hydrogen-bond donors (Lipinski definition) is 4. The van der Waals surface area contributed by atoms with E-state index in [0.29, 0.717) is 29.6 Å². The van der Waals surface area contributed by atoms with Crippen molar-refractivity contribution < 1.29 is 46.6 Å². The molecule has 0 bridgehead atoms. The third-order valence-electron chi connectivity index (χ3n) is 11.0. The number of carbonyl (C=O) groups excluding carboxylic acids is 5. The number of nitrogens with one attached hydrogen (secondary N) is 4. The van der Waals surface area contributed by atoms with Crippen molar-refractivity contribution in [3.05, 3.63) is 66.2 Å². The number of nitrogens with zero attached hydrogens (tertiary/aromatic N) is 4. The number of benzene rings is 2. The molecule has 1 saturated heterocycles. The number of allylic oxidation sites excluding steroid dienone is 1. The van der Waals surface area contributed by atoms with E-state index in [1.54, 1.807) is 32.9 Å². The number of carbonyl (C=O) groups is 5. The monoisotopic (exact) mass is 878 g/mol. The molecule has 5 amide bonds. The van der Waals surface area contributed by atoms with Crippen LogP contribution in [-0.4, -0.2) is 107 Å². The summed E-state index contributed by atoms with van der Waals surface area (Å²) in [6.45, 7) is 8.98. The van der Waals surface area contributed by atoms with Crippen LogP contribution in [0.1, 0.15) is 91.2 Å². The summed E-state index contributed by atoms with van der Waals surface area (Å²) in [4.78, 5) is 75.1. The number of para-hydroxylation sites is 1. The molecule has 2 aliphatic heterocycles. The lowest BCUT2D eigenvalue weighted by atomic mass is 10.0. The molecule has 0 spiro atoms. The van der Waals surface area contributed by atoms with Crippen LogP contribution in [0.2, 0.25) is 0 Å². The van der Waals surface area contributed by atoms with Crippen LogP contribution >= 0.6 is 0 Å². The third kappa shape index (κ3) is 10.8. The van der Waals surface area contributed by atoms with Crippen molar-refractivity contribution >= 4 is 56.8 Å². The van der Waals surface area contributed by atoms with E-state index < -0.39 is 75.4 Å². The van der Waals surface area contributed by atoms with Gasteiger partial charge in [0.05, 0.1) is 17.7 Å². The Balaban J connectivity index is 1.31. The number of amides is 5. The van der Waals surface area contributed by atoms with Gasteiger partial charge in [-0.05, 0) is 78.0 Å². The summed E-state index contributed by atoms with van der Waals surface area (Å²) in [6, 6.07) is 12.3. The lowest BCUT2D eigenvalue weighted by Crippen LogP contribution is -2.58. The molecule has 1 saturated carbocycles. The maximum absolute atomic E-state index is 14.7. The number of hydrogen-bond acceptors (Lipinski definition) is 11. The van der Waals surface area contributed by atoms with Crippen molar-refractivity contribution in [3.8, 4) is 6.01 Å². The van der Waals surface area contributed by atoms with Gasteiger partial charge in [-0.1, -0.05) is 61.4 Å². The smallest absolute Gasteiger partial charge is 0.412 e. The molecule has 6 rings (SSSR count). The summed E-state index contributed by atoms with van der Waals surface area (Å²) in [5.74, 6) is -2.64. The molecule has 2 fully saturated rings. The van der Waals surface area contributed by atoms with E-state index in [2.05, 4.69) is 20.7 Å². The maximum atomic E-state index is 14.7. The zero-order chi connectivity index (χ0) is 45.0. The lowest BCUT2D eigenvalue weighted by molar-refractivity contribution is -0.141. The van der Waals surface area contributed by atoms with E-state index in [9.17, 15) is 32.4 Å². The molecular weight excluding hydrogens is 821 g/mol. The van der Waals surface area contributed by atoms with E-state index in [1.807, 2.05) is 67.0 Å². The average molecular weight is 879 g/mol. The van der Waals surface area contributed by atoms with Crippen LogP contribution in [0.3, 0.4) is 0 Å². The highest BCUT2D eigenvalue weighted by atomic mass is 32.2. The number of anilines is 1. The molecule has 1 aromatic heterocycles. The molecule has 0 radical (unpaired) electrons. The fourth-order valence-corrected chi connectivity index (χ4v) is 8.31. The third-order valence-corrected chi connectivity index (χ3v) is 12.4. The lowest BCUT2D eigenvalue weighted by Gasteiger charge is -2.30. The van der Waals surface area contributed by atoms with Gasteiger partial charge in [-0.2, -0.15) is 17.7 Å². The Morgan fingerprint density at radius 3 is 2.45 bits per heavy atom. The maximum Gasteiger partial charge on any atom is 0.412 e. The first-order chi connectivity index (χ1) is 29.3. The van der Waals surface area contributed by atoms with Gasteiger partial charge in [-0.25, -0.2) is 14.3 Å². The van der Waals surface area contributed by atoms with Gasteiger partial charge in [0.2, 0.25) is 11.8 Å². The SMILES string of the molecule is CC(C)n1c(O[C@@H]2C[C@H]3C(=O)N[C@]4(C(=O)NS(=O)(=O)N(C)C)C[C@H]4/C=C\CCCCC[C@H](NC(=O)OC(C)(C)C)C(=O)N3C2)nc2c(NC(=O)OCc3ccccc3)cccc21. The van der Waals surface area contributed by atoms with Gasteiger partial charge < -0.3 is 29.7 Å². The van der Waals surface area contributed by atoms with E-state index in [0.717, 1.165) is 22.7 Å². The van der Waals surface area contributed by atoms with Gasteiger partial charge in [0, 0.05) is 32.5 Å². The number of alkyl carbamates (subject to hydrolysis) is 1. The molecule has 0 unspecified atom stereocenters. The highest BCUT2D eigenvalue weighted by Crippen LogP contribution is 2.46. The minimum absolute atomic E-state index is 0.0385. The Morgan fingerprint density at radius 1 is 1.02 bits per heavy atom. The Bertz CT molecular complexity index is 2290. The summed E-state index contributed by atoms with van der Waals surface area (Å²) < 4.78 is 47.9. The van der Waals surface area contributed by atoms with Gasteiger partial charge in [0.25, 0.3) is 11.9 Å². The molecule has 5 atom stereocenters. The molecule has 62 heavy (non-hydrogen) atoms. The first-order valence-electron chi connectivity index (χ1n) is 21.0. The van der Waals surface area contributed by atoms with Gasteiger partial charge in [0.15, 0.2) is 0 Å². The van der Waals surface area contributed by atoms with Crippen LogP contribution in [0.15, 0.2) is 60.7 Å². The van der Waals surface area contributed by atoms with E-state index >= 15 is 0 Å². The molecule has 2 aromatic carbocycles. The number of fused-ring (bicyclic) bond motifs is 3. The summed E-state index contributed by atoms with van der Waals surface area (Å²) in [7, 11) is -1.65. The van der Waals surface area contributed by atoms with Crippen LogP contribution in [0, 0.1) is 5.92 Å². The standard InChI is InChI=1S/C43H58N8O10S/c1-27(2)51-33-22-16-21-31(44-40(55)59-26-28-17-12-11-13-18-28)35(33)46-39(51)60-30-23-34-36(52)47-43(38(54)48-62(57,58)49(6)7)24-29(43)19-14-9-8-10-15-20-32(37(53)50(34)25-30)45-41(56)61-42(3,4)5/h11-14,16-19,21-22,27,29-30,32,34H,8-10,15,20,23-26H2,1-7H3,(H,44,55)(H,45,56)(H,47,52)(H,48,54)/b19-14-/t29-,30-,32+,34+,43-/m1/s1. The first-order valence-corrected chi connectivity index (χ1v) is 22.4. The summed E-state index contributed by atoms with van der Waals surface area (Å²) in [5.41, 5.74) is -0.179. The summed E-state index contributed by atoms with van der Waals surface area (Å²) in [6.07, 6.45) is 4.53. The van der Waals surface area contributed by atoms with Crippen LogP contribution in [0.25, 0.3) is 11.0 Å². The largest absolute Gasteiger partial charge is 0.459 e. The molecule has 18 nitrogen and oxygen atoms in total. The van der Waals surface area contributed by atoms with Crippen LogP contribution in [-0.2, 0) is 40.7 Å². The Morgan fingerprint density at radius 2 is 1.76 bits per heavy atom. The van der Waals surface area contributed by atoms with Crippen molar-refractivity contribution in [2.45, 2.75) is 122 Å². The quantitative estimate of drug-likeness (QED) is 0.200. The molecular formula is C43H58N8O10S. The molecule has 3 aromatic rings. The van der Waals surface area contributed by atoms with E-state index in [1.165, 1.54) is 19.0 Å². The topological polar surface area (TPSA) is 220 Å². The molecule has 4 N–H and O–H groups in total. The van der Waals surface area contributed by atoms with E-state index in [-0.39, 0.29) is 44.5 Å². The van der Waals surface area contributed by atoms with Gasteiger partial charge >= 0.3 is 22.4 Å². The fourth-order valence-electron chi connectivity index (χ4n) is 7.71. The number of aromatic nitrogens is 2. The first kappa shape index (κ1) is 45.8. The Kier molecular flexibility index (Phi) is 13.8. The van der Waals surface area contributed by atoms with Crippen LogP contribution in [0.4, 0.5) is 15.3 Å². The van der Waals surface area contributed by atoms with Crippen molar-refractivity contribution in [1.29, 1.82) is 0 Å². The summed E-state index contributed by atoms with van der Waals surface area (Å²) in [5, 5.41) is 8.36. The highest BCUT2D eigenvalue weighted by molar-refractivity contribution is 7.87. The van der Waals surface area contributed by atoms with Crippen molar-refractivity contribution in [1.82, 2.24) is 34.1 Å². The predicted molar refractivity (Wildman–Crippen MR) is 230 cm³/mol. The highest BCUT2D eigenvalue weighted by Gasteiger charge is 2.62. The minimum atomic E-state index is -4.21.